The van der Waals surface area contributed by atoms with Gasteiger partial charge in [0.25, 0.3) is 0 Å². The maximum atomic E-state index is 11.9. The van der Waals surface area contributed by atoms with Gasteiger partial charge in [0.2, 0.25) is 11.8 Å². The first-order chi connectivity index (χ1) is 9.47. The number of carbonyl (C=O) groups excluding carboxylic acids is 2. The first-order valence-electron chi connectivity index (χ1n) is 5.87. The highest BCUT2D eigenvalue weighted by molar-refractivity contribution is 6.37. The monoisotopic (exact) mass is 317 g/mol. The normalized spacial score (nSPS) is 15.3. The Balaban J connectivity index is 2.03. The first kappa shape index (κ1) is 14.9. The molecule has 108 valence electrons. The lowest BCUT2D eigenvalue weighted by Gasteiger charge is -2.26. The summed E-state index contributed by atoms with van der Waals surface area (Å²) < 4.78 is 4.98. The second-order valence-corrected chi connectivity index (χ2v) is 5.11. The molecule has 6 nitrogen and oxygen atoms in total. The quantitative estimate of drug-likeness (QED) is 0.825. The molecular weight excluding hydrogens is 305 g/mol. The summed E-state index contributed by atoms with van der Waals surface area (Å²) in [7, 11) is 0. The number of rotatable bonds is 3. The van der Waals surface area contributed by atoms with Crippen molar-refractivity contribution in [1.29, 1.82) is 0 Å². The fourth-order valence-corrected chi connectivity index (χ4v) is 2.35. The number of nitrogens with two attached hydrogens (primary N) is 1. The number of anilines is 2. The lowest BCUT2D eigenvalue weighted by molar-refractivity contribution is -0.144. The predicted molar refractivity (Wildman–Crippen MR) is 76.9 cm³/mol. The van der Waals surface area contributed by atoms with E-state index < -0.39 is 0 Å². The zero-order valence-electron chi connectivity index (χ0n) is 10.5. The molecule has 0 saturated carbocycles. The SMILES string of the molecule is Nc1cc(Cl)cc(Cl)c1NC(=O)CN1CCOCC1=O. The van der Waals surface area contributed by atoms with Crippen LogP contribution in [0.1, 0.15) is 0 Å². The molecule has 2 amide bonds. The van der Waals surface area contributed by atoms with Crippen LogP contribution in [-0.2, 0) is 14.3 Å². The summed E-state index contributed by atoms with van der Waals surface area (Å²) in [5, 5.41) is 3.21. The topological polar surface area (TPSA) is 84.7 Å². The number of morpholine rings is 1. The summed E-state index contributed by atoms with van der Waals surface area (Å²) in [4.78, 5) is 24.9. The summed E-state index contributed by atoms with van der Waals surface area (Å²) in [6.07, 6.45) is 0. The van der Waals surface area contributed by atoms with Crippen LogP contribution in [0.4, 0.5) is 11.4 Å². The maximum Gasteiger partial charge on any atom is 0.249 e. The third-order valence-corrected chi connectivity index (χ3v) is 3.28. The third-order valence-electron chi connectivity index (χ3n) is 2.77. The van der Waals surface area contributed by atoms with Crippen molar-refractivity contribution in [2.24, 2.45) is 0 Å². The summed E-state index contributed by atoms with van der Waals surface area (Å²) in [6.45, 7) is 0.733. The predicted octanol–water partition coefficient (Wildman–Crippen LogP) is 1.37. The van der Waals surface area contributed by atoms with Gasteiger partial charge in [0.05, 0.1) is 23.0 Å². The van der Waals surface area contributed by atoms with Gasteiger partial charge in [-0.05, 0) is 12.1 Å². The maximum absolute atomic E-state index is 11.9. The number of nitrogen functional groups attached to an aromatic ring is 1. The van der Waals surface area contributed by atoms with Gasteiger partial charge in [0.1, 0.15) is 13.2 Å². The van der Waals surface area contributed by atoms with Crippen LogP contribution >= 0.6 is 23.2 Å². The molecule has 0 aromatic heterocycles. The minimum Gasteiger partial charge on any atom is -0.397 e. The first-order valence-corrected chi connectivity index (χ1v) is 6.63. The van der Waals surface area contributed by atoms with E-state index in [1.165, 1.54) is 17.0 Å². The van der Waals surface area contributed by atoms with E-state index in [-0.39, 0.29) is 35.7 Å². The summed E-state index contributed by atoms with van der Waals surface area (Å²) >= 11 is 11.8. The highest BCUT2D eigenvalue weighted by atomic mass is 35.5. The fourth-order valence-electron chi connectivity index (χ4n) is 1.80. The van der Waals surface area contributed by atoms with Gasteiger partial charge < -0.3 is 20.7 Å². The number of benzene rings is 1. The molecule has 2 rings (SSSR count). The molecule has 1 aromatic rings. The van der Waals surface area contributed by atoms with Gasteiger partial charge in [0, 0.05) is 11.6 Å². The molecule has 1 heterocycles. The van der Waals surface area contributed by atoms with Crippen LogP contribution in [0.15, 0.2) is 12.1 Å². The van der Waals surface area contributed by atoms with Gasteiger partial charge >= 0.3 is 0 Å². The average molecular weight is 318 g/mol. The number of ether oxygens (including phenoxy) is 1. The number of carbonyl (C=O) groups is 2. The Hall–Kier alpha value is -1.50. The second kappa shape index (κ2) is 6.30. The van der Waals surface area contributed by atoms with E-state index in [9.17, 15) is 9.59 Å². The van der Waals surface area contributed by atoms with Crippen molar-refractivity contribution in [3.8, 4) is 0 Å². The molecule has 1 saturated heterocycles. The number of nitrogens with one attached hydrogen (secondary N) is 1. The van der Waals surface area contributed by atoms with Gasteiger partial charge in [-0.25, -0.2) is 0 Å². The molecule has 20 heavy (non-hydrogen) atoms. The summed E-state index contributed by atoms with van der Waals surface area (Å²) in [6, 6.07) is 2.97. The summed E-state index contributed by atoms with van der Waals surface area (Å²) in [5.74, 6) is -0.599. The van der Waals surface area contributed by atoms with E-state index in [0.29, 0.717) is 23.9 Å². The van der Waals surface area contributed by atoms with Crippen LogP contribution in [0.25, 0.3) is 0 Å². The molecule has 0 radical (unpaired) electrons. The molecule has 1 aromatic carbocycles. The van der Waals surface area contributed by atoms with E-state index in [1.807, 2.05) is 0 Å². The number of hydrogen-bond donors (Lipinski definition) is 2. The van der Waals surface area contributed by atoms with Crippen molar-refractivity contribution in [2.75, 3.05) is 37.4 Å². The fraction of sp³-hybridized carbons (Fsp3) is 0.333. The van der Waals surface area contributed by atoms with Crippen molar-refractivity contribution < 1.29 is 14.3 Å². The van der Waals surface area contributed by atoms with Crippen molar-refractivity contribution in [2.45, 2.75) is 0 Å². The lowest BCUT2D eigenvalue weighted by Crippen LogP contribution is -2.45. The number of halogens is 2. The molecule has 8 heteroatoms. The van der Waals surface area contributed by atoms with E-state index >= 15 is 0 Å². The molecule has 3 N–H and O–H groups in total. The number of hydrogen-bond acceptors (Lipinski definition) is 4. The number of nitrogens with zero attached hydrogens (tertiary/aromatic N) is 1. The Kier molecular flexibility index (Phi) is 4.69. The standard InChI is InChI=1S/C12H13Cl2N3O3/c13-7-3-8(14)12(9(15)4-7)16-10(18)5-17-1-2-20-6-11(17)19/h3-4H,1-2,5-6,15H2,(H,16,18). The van der Waals surface area contributed by atoms with E-state index in [2.05, 4.69) is 5.32 Å². The molecular formula is C12H13Cl2N3O3. The molecule has 0 bridgehead atoms. The average Bonchev–Trinajstić information content (AvgIpc) is 2.36. The highest BCUT2D eigenvalue weighted by Crippen LogP contribution is 2.31. The van der Waals surface area contributed by atoms with Gasteiger partial charge in [-0.15, -0.1) is 0 Å². The Morgan fingerprint density at radius 1 is 1.45 bits per heavy atom. The zero-order valence-corrected chi connectivity index (χ0v) is 12.0. The minimum absolute atomic E-state index is 0.00286. The van der Waals surface area contributed by atoms with Crippen LogP contribution in [-0.4, -0.2) is 43.0 Å². The Bertz CT molecular complexity index is 528. The molecule has 1 aliphatic rings. The van der Waals surface area contributed by atoms with E-state index in [4.69, 9.17) is 33.7 Å². The van der Waals surface area contributed by atoms with Gasteiger partial charge in [-0.2, -0.15) is 0 Å². The van der Waals surface area contributed by atoms with Gasteiger partial charge in [-0.3, -0.25) is 9.59 Å². The van der Waals surface area contributed by atoms with Crippen LogP contribution in [0, 0.1) is 0 Å². The lowest BCUT2D eigenvalue weighted by atomic mass is 10.2. The molecule has 1 aliphatic heterocycles. The molecule has 0 unspecified atom stereocenters. The zero-order chi connectivity index (χ0) is 14.7. The van der Waals surface area contributed by atoms with Crippen LogP contribution < -0.4 is 11.1 Å². The third kappa shape index (κ3) is 3.53. The minimum atomic E-state index is -0.379. The van der Waals surface area contributed by atoms with Crippen LogP contribution in [0.2, 0.25) is 10.0 Å². The van der Waals surface area contributed by atoms with Gasteiger partial charge in [0.15, 0.2) is 0 Å². The Labute approximate surface area is 125 Å². The second-order valence-electron chi connectivity index (χ2n) is 4.27. The highest BCUT2D eigenvalue weighted by Gasteiger charge is 2.21. The Morgan fingerprint density at radius 2 is 2.20 bits per heavy atom. The van der Waals surface area contributed by atoms with Crippen molar-refractivity contribution in [1.82, 2.24) is 4.90 Å². The van der Waals surface area contributed by atoms with Crippen molar-refractivity contribution in [3.63, 3.8) is 0 Å². The van der Waals surface area contributed by atoms with E-state index in [1.54, 1.807) is 0 Å². The van der Waals surface area contributed by atoms with Crippen LogP contribution in [0.5, 0.6) is 0 Å². The van der Waals surface area contributed by atoms with Crippen LogP contribution in [0.3, 0.4) is 0 Å². The summed E-state index contributed by atoms with van der Waals surface area (Å²) in [5.41, 5.74) is 6.31. The molecule has 0 aliphatic carbocycles. The molecule has 0 atom stereocenters. The Morgan fingerprint density at radius 3 is 2.85 bits per heavy atom. The van der Waals surface area contributed by atoms with Crippen molar-refractivity contribution in [3.05, 3.63) is 22.2 Å². The van der Waals surface area contributed by atoms with Gasteiger partial charge in [-0.1, -0.05) is 23.2 Å². The smallest absolute Gasteiger partial charge is 0.249 e. The molecule has 1 fully saturated rings. The van der Waals surface area contributed by atoms with E-state index in [0.717, 1.165) is 0 Å². The largest absolute Gasteiger partial charge is 0.397 e. The molecule has 0 spiro atoms. The number of amides is 2. The van der Waals surface area contributed by atoms with Crippen molar-refractivity contribution >= 4 is 46.4 Å².